The third-order valence-corrected chi connectivity index (χ3v) is 6.78. The molecule has 3 aromatic carbocycles. The Hall–Kier alpha value is -3.91. The number of rotatable bonds is 5. The van der Waals surface area contributed by atoms with Crippen LogP contribution < -0.4 is 10.5 Å². The lowest BCUT2D eigenvalue weighted by atomic mass is 10.1. The maximum absolute atomic E-state index is 13.1. The number of benzene rings is 3. The molecule has 0 radical (unpaired) electrons. The van der Waals surface area contributed by atoms with Crippen LogP contribution in [0.15, 0.2) is 87.6 Å². The summed E-state index contributed by atoms with van der Waals surface area (Å²) in [5, 5.41) is 0.506. The van der Waals surface area contributed by atoms with Crippen LogP contribution in [0.25, 0.3) is 10.9 Å². The van der Waals surface area contributed by atoms with E-state index in [4.69, 9.17) is 4.74 Å². The van der Waals surface area contributed by atoms with Gasteiger partial charge in [0.25, 0.3) is 11.5 Å². The summed E-state index contributed by atoms with van der Waals surface area (Å²) in [6, 6.07) is 20.7. The van der Waals surface area contributed by atoms with Crippen molar-refractivity contribution in [3.63, 3.8) is 0 Å². The number of hydrogen-bond acceptors (Lipinski definition) is 6. The highest BCUT2D eigenvalue weighted by molar-refractivity contribution is 7.99. The molecule has 0 spiro atoms. The number of esters is 1. The fourth-order valence-corrected chi connectivity index (χ4v) is 5.02. The molecule has 170 valence electrons. The normalized spacial score (nSPS) is 12.2. The molecule has 0 bridgehead atoms. The largest absolute Gasteiger partial charge is 0.455 e. The van der Waals surface area contributed by atoms with Crippen molar-refractivity contribution in [3.05, 3.63) is 89.0 Å². The highest BCUT2D eigenvalue weighted by atomic mass is 32.2. The smallest absolute Gasteiger partial charge is 0.308 e. The van der Waals surface area contributed by atoms with E-state index in [1.165, 1.54) is 10.9 Å². The van der Waals surface area contributed by atoms with Crippen LogP contribution in [0, 0.1) is 6.92 Å². The third-order valence-electron chi connectivity index (χ3n) is 5.65. The van der Waals surface area contributed by atoms with Crippen LogP contribution in [0.1, 0.15) is 12.0 Å². The Balaban J connectivity index is 1.26. The molecule has 1 aromatic heterocycles. The molecule has 0 unspecified atom stereocenters. The first kappa shape index (κ1) is 21.9. The van der Waals surface area contributed by atoms with E-state index in [9.17, 15) is 14.4 Å². The fraction of sp³-hybridized carbons (Fsp3) is 0.154. The van der Waals surface area contributed by atoms with E-state index in [0.29, 0.717) is 10.9 Å². The van der Waals surface area contributed by atoms with E-state index < -0.39 is 12.6 Å². The Morgan fingerprint density at radius 2 is 1.62 bits per heavy atom. The van der Waals surface area contributed by atoms with Crippen molar-refractivity contribution in [2.45, 2.75) is 29.7 Å². The van der Waals surface area contributed by atoms with Gasteiger partial charge in [-0.25, -0.2) is 4.98 Å². The summed E-state index contributed by atoms with van der Waals surface area (Å²) in [5.41, 5.74) is 2.88. The van der Waals surface area contributed by atoms with Crippen molar-refractivity contribution in [2.75, 3.05) is 11.5 Å². The lowest BCUT2D eigenvalue weighted by Gasteiger charge is -2.30. The zero-order chi connectivity index (χ0) is 23.7. The predicted molar refractivity (Wildman–Crippen MR) is 130 cm³/mol. The number of para-hydroxylation sites is 3. The average molecular weight is 472 g/mol. The summed E-state index contributed by atoms with van der Waals surface area (Å²) >= 11 is 1.60. The molecule has 0 fully saturated rings. The first-order valence-corrected chi connectivity index (χ1v) is 11.6. The minimum Gasteiger partial charge on any atom is -0.455 e. The number of aryl methyl sites for hydroxylation is 2. The van der Waals surface area contributed by atoms with Gasteiger partial charge in [0.05, 0.1) is 35.0 Å². The Bertz CT molecular complexity index is 1440. The SMILES string of the molecule is Cc1cccc2c(=O)n(CCC(=O)OCC(=O)N3c4ccccc4Sc4ccccc43)cnc12. The van der Waals surface area contributed by atoms with Crippen LogP contribution in [0.2, 0.25) is 0 Å². The topological polar surface area (TPSA) is 81.5 Å². The number of aromatic nitrogens is 2. The molecule has 7 nitrogen and oxygen atoms in total. The van der Waals surface area contributed by atoms with Gasteiger partial charge in [-0.05, 0) is 42.8 Å². The van der Waals surface area contributed by atoms with E-state index in [1.807, 2.05) is 61.5 Å². The summed E-state index contributed by atoms with van der Waals surface area (Å²) in [6.45, 7) is 1.62. The van der Waals surface area contributed by atoms with Crippen molar-refractivity contribution in [3.8, 4) is 0 Å². The third kappa shape index (κ3) is 4.08. The molecule has 8 heteroatoms. The van der Waals surface area contributed by atoms with Crippen molar-refractivity contribution in [1.29, 1.82) is 0 Å². The molecule has 0 saturated carbocycles. The molecular weight excluding hydrogens is 450 g/mol. The van der Waals surface area contributed by atoms with E-state index in [-0.39, 0.29) is 24.4 Å². The summed E-state index contributed by atoms with van der Waals surface area (Å²) in [7, 11) is 0. The van der Waals surface area contributed by atoms with E-state index in [2.05, 4.69) is 4.98 Å². The quantitative estimate of drug-likeness (QED) is 0.400. The number of hydrogen-bond donors (Lipinski definition) is 0. The zero-order valence-electron chi connectivity index (χ0n) is 18.4. The van der Waals surface area contributed by atoms with Crippen molar-refractivity contribution >= 4 is 45.9 Å². The molecule has 34 heavy (non-hydrogen) atoms. The molecule has 1 aliphatic rings. The van der Waals surface area contributed by atoms with Crippen LogP contribution in [-0.2, 0) is 20.9 Å². The Morgan fingerprint density at radius 1 is 0.941 bits per heavy atom. The number of amides is 1. The van der Waals surface area contributed by atoms with E-state index in [1.54, 1.807) is 28.8 Å². The molecule has 0 N–H and O–H groups in total. The Morgan fingerprint density at radius 3 is 2.32 bits per heavy atom. The van der Waals surface area contributed by atoms with Gasteiger partial charge in [0.2, 0.25) is 0 Å². The van der Waals surface area contributed by atoms with Gasteiger partial charge < -0.3 is 4.74 Å². The van der Waals surface area contributed by atoms with Gasteiger partial charge >= 0.3 is 5.97 Å². The molecule has 1 aliphatic heterocycles. The number of anilines is 2. The molecule has 0 atom stereocenters. The second-order valence-electron chi connectivity index (χ2n) is 7.89. The summed E-state index contributed by atoms with van der Waals surface area (Å²) in [6.07, 6.45) is 1.39. The van der Waals surface area contributed by atoms with Crippen LogP contribution >= 0.6 is 11.8 Å². The number of ether oxygens (including phenoxy) is 1. The summed E-state index contributed by atoms with van der Waals surface area (Å²) < 4.78 is 6.67. The van der Waals surface area contributed by atoms with E-state index >= 15 is 0 Å². The standard InChI is InChI=1S/C26H21N3O4S/c1-17-7-6-8-18-25(17)27-16-28(26(18)32)14-13-24(31)33-15-23(30)29-19-9-2-4-11-21(19)34-22-12-5-3-10-20(22)29/h2-12,16H,13-15H2,1H3. The summed E-state index contributed by atoms with van der Waals surface area (Å²) in [5.74, 6) is -0.897. The highest BCUT2D eigenvalue weighted by Gasteiger charge is 2.28. The summed E-state index contributed by atoms with van der Waals surface area (Å²) in [4.78, 5) is 46.1. The van der Waals surface area contributed by atoms with Gasteiger partial charge in [-0.1, -0.05) is 48.2 Å². The van der Waals surface area contributed by atoms with Gasteiger partial charge in [-0.15, -0.1) is 0 Å². The number of carbonyl (C=O) groups is 2. The second-order valence-corrected chi connectivity index (χ2v) is 8.98. The molecule has 5 rings (SSSR count). The molecule has 1 amide bonds. The fourth-order valence-electron chi connectivity index (χ4n) is 3.96. The van der Waals surface area contributed by atoms with Crippen LogP contribution in [0.4, 0.5) is 11.4 Å². The van der Waals surface area contributed by atoms with Crippen LogP contribution in [-0.4, -0.2) is 28.0 Å². The molecule has 2 heterocycles. The molecular formula is C26H21N3O4S. The zero-order valence-corrected chi connectivity index (χ0v) is 19.2. The molecule has 0 aliphatic carbocycles. The Labute approximate surface area is 200 Å². The lowest BCUT2D eigenvalue weighted by molar-refractivity contribution is -0.147. The molecule has 0 saturated heterocycles. The van der Waals surface area contributed by atoms with Gasteiger partial charge in [0.15, 0.2) is 6.61 Å². The first-order chi connectivity index (χ1) is 16.5. The maximum Gasteiger partial charge on any atom is 0.308 e. The number of carbonyl (C=O) groups excluding carboxylic acids is 2. The number of fused-ring (bicyclic) bond motifs is 3. The Kier molecular flexibility index (Phi) is 5.90. The van der Waals surface area contributed by atoms with Gasteiger partial charge in [-0.2, -0.15) is 0 Å². The van der Waals surface area contributed by atoms with Gasteiger partial charge in [-0.3, -0.25) is 23.9 Å². The average Bonchev–Trinajstić information content (AvgIpc) is 2.86. The maximum atomic E-state index is 13.1. The van der Waals surface area contributed by atoms with E-state index in [0.717, 1.165) is 26.7 Å². The van der Waals surface area contributed by atoms with Crippen LogP contribution in [0.3, 0.4) is 0 Å². The number of nitrogens with zero attached hydrogens (tertiary/aromatic N) is 3. The van der Waals surface area contributed by atoms with Crippen LogP contribution in [0.5, 0.6) is 0 Å². The van der Waals surface area contributed by atoms with Crippen molar-refractivity contribution in [1.82, 2.24) is 9.55 Å². The van der Waals surface area contributed by atoms with Gasteiger partial charge in [0, 0.05) is 16.3 Å². The first-order valence-electron chi connectivity index (χ1n) is 10.8. The minimum absolute atomic E-state index is 0.0464. The molecule has 4 aromatic rings. The monoisotopic (exact) mass is 471 g/mol. The van der Waals surface area contributed by atoms with Crippen molar-refractivity contribution in [2.24, 2.45) is 0 Å². The second kappa shape index (κ2) is 9.15. The van der Waals surface area contributed by atoms with Gasteiger partial charge in [0.1, 0.15) is 0 Å². The minimum atomic E-state index is -0.558. The lowest BCUT2D eigenvalue weighted by Crippen LogP contribution is -2.32. The van der Waals surface area contributed by atoms with Crippen molar-refractivity contribution < 1.29 is 14.3 Å². The predicted octanol–water partition coefficient (Wildman–Crippen LogP) is 4.47. The highest BCUT2D eigenvalue weighted by Crippen LogP contribution is 2.47.